The summed E-state index contributed by atoms with van der Waals surface area (Å²) in [4.78, 5) is 0. The van der Waals surface area contributed by atoms with Gasteiger partial charge in [-0.1, -0.05) is 66.2 Å². The van der Waals surface area contributed by atoms with Crippen LogP contribution in [0.25, 0.3) is 10.8 Å². The van der Waals surface area contributed by atoms with Crippen molar-refractivity contribution >= 4 is 23.2 Å². The number of halogens is 1. The Morgan fingerprint density at radius 3 is 2.05 bits per heavy atom. The average molecular weight is 284 g/mol. The molecule has 0 aliphatic heterocycles. The lowest BCUT2D eigenvalue weighted by atomic mass is 9.96. The molecule has 1 nitrogen and oxygen atoms in total. The summed E-state index contributed by atoms with van der Waals surface area (Å²) in [5.74, 6) is 0. The van der Waals surface area contributed by atoms with Crippen LogP contribution in [0.5, 0.6) is 0 Å². The van der Waals surface area contributed by atoms with Gasteiger partial charge in [0, 0.05) is 0 Å². The van der Waals surface area contributed by atoms with Gasteiger partial charge in [0.15, 0.2) is 0 Å². The molecule has 1 unspecified atom stereocenters. The molecule has 2 N–H and O–H groups in total. The number of aryl methyl sites for hydroxylation is 1. The van der Waals surface area contributed by atoms with Crippen molar-refractivity contribution in [3.8, 4) is 0 Å². The van der Waals surface area contributed by atoms with Crippen molar-refractivity contribution in [2.24, 2.45) is 5.73 Å². The van der Waals surface area contributed by atoms with Crippen molar-refractivity contribution in [1.82, 2.24) is 0 Å². The highest BCUT2D eigenvalue weighted by atomic mass is 35.5. The van der Waals surface area contributed by atoms with Gasteiger partial charge in [0.1, 0.15) is 0 Å². The van der Waals surface area contributed by atoms with E-state index in [0.717, 1.165) is 11.1 Å². The maximum absolute atomic E-state index is 6.36. The number of fused-ring (bicyclic) bond motifs is 1. The van der Waals surface area contributed by atoms with Crippen LogP contribution in [-0.4, -0.2) is 0 Å². The van der Waals surface area contributed by atoms with Gasteiger partial charge in [-0.3, -0.25) is 0 Å². The first-order valence-electron chi connectivity index (χ1n) is 6.55. The van der Waals surface area contributed by atoms with Gasteiger partial charge in [0.25, 0.3) is 0 Å². The third-order valence-electron chi connectivity index (χ3n) is 3.57. The Morgan fingerprint density at radius 2 is 1.35 bits per heavy atom. The topological polar surface area (TPSA) is 26.0 Å². The van der Waals surface area contributed by atoms with E-state index in [-0.39, 0.29) is 18.4 Å². The van der Waals surface area contributed by atoms with E-state index in [0.29, 0.717) is 0 Å². The van der Waals surface area contributed by atoms with Crippen molar-refractivity contribution in [1.29, 1.82) is 0 Å². The fraction of sp³-hybridized carbons (Fsp3) is 0.111. The van der Waals surface area contributed by atoms with Crippen molar-refractivity contribution in [3.63, 3.8) is 0 Å². The van der Waals surface area contributed by atoms with Gasteiger partial charge in [-0.2, -0.15) is 0 Å². The van der Waals surface area contributed by atoms with Crippen LogP contribution in [0.3, 0.4) is 0 Å². The molecule has 0 amide bonds. The zero-order valence-electron chi connectivity index (χ0n) is 11.4. The molecule has 0 aromatic heterocycles. The highest BCUT2D eigenvalue weighted by Crippen LogP contribution is 2.23. The fourth-order valence-corrected chi connectivity index (χ4v) is 2.37. The van der Waals surface area contributed by atoms with Gasteiger partial charge >= 0.3 is 0 Å². The van der Waals surface area contributed by atoms with Crippen LogP contribution in [0.1, 0.15) is 22.7 Å². The molecule has 3 aromatic carbocycles. The van der Waals surface area contributed by atoms with Crippen LogP contribution < -0.4 is 5.73 Å². The lowest BCUT2D eigenvalue weighted by Gasteiger charge is -2.13. The minimum absolute atomic E-state index is 0. The van der Waals surface area contributed by atoms with Crippen molar-refractivity contribution < 1.29 is 0 Å². The predicted octanol–water partition coefficient (Wildman–Crippen LogP) is 4.62. The molecule has 102 valence electrons. The highest BCUT2D eigenvalue weighted by Gasteiger charge is 2.08. The van der Waals surface area contributed by atoms with Crippen LogP contribution in [0, 0.1) is 6.92 Å². The van der Waals surface area contributed by atoms with E-state index in [9.17, 15) is 0 Å². The SMILES string of the molecule is Cc1ccc(C(N)c2ccc3ccccc3c2)cc1.Cl. The summed E-state index contributed by atoms with van der Waals surface area (Å²) in [6, 6.07) is 23.2. The molecule has 0 saturated heterocycles. The Bertz CT molecular complexity index is 704. The fourth-order valence-electron chi connectivity index (χ4n) is 2.37. The van der Waals surface area contributed by atoms with Crippen LogP contribution in [0.15, 0.2) is 66.7 Å². The maximum atomic E-state index is 6.36. The normalized spacial score (nSPS) is 11.9. The summed E-state index contributed by atoms with van der Waals surface area (Å²) in [6.07, 6.45) is 0. The minimum Gasteiger partial charge on any atom is -0.320 e. The molecule has 0 spiro atoms. The molecule has 0 heterocycles. The van der Waals surface area contributed by atoms with Crippen molar-refractivity contribution in [2.75, 3.05) is 0 Å². The molecule has 3 rings (SSSR count). The average Bonchev–Trinajstić information content (AvgIpc) is 2.47. The Hall–Kier alpha value is -1.83. The van der Waals surface area contributed by atoms with Crippen LogP contribution >= 0.6 is 12.4 Å². The second-order valence-electron chi connectivity index (χ2n) is 4.99. The quantitative estimate of drug-likeness (QED) is 0.730. The minimum atomic E-state index is -0.0646. The van der Waals surface area contributed by atoms with Crippen molar-refractivity contribution in [3.05, 3.63) is 83.4 Å². The molecule has 0 saturated carbocycles. The van der Waals surface area contributed by atoms with Gasteiger partial charge in [-0.15, -0.1) is 12.4 Å². The molecule has 3 aromatic rings. The second kappa shape index (κ2) is 6.08. The third-order valence-corrected chi connectivity index (χ3v) is 3.57. The number of nitrogens with two attached hydrogens (primary N) is 1. The van der Waals surface area contributed by atoms with Gasteiger partial charge in [0.2, 0.25) is 0 Å². The van der Waals surface area contributed by atoms with Gasteiger partial charge in [-0.05, 0) is 34.9 Å². The lowest BCUT2D eigenvalue weighted by molar-refractivity contribution is 0.873. The molecule has 0 fully saturated rings. The molecule has 0 aliphatic rings. The Balaban J connectivity index is 0.00000147. The maximum Gasteiger partial charge on any atom is 0.0551 e. The van der Waals surface area contributed by atoms with Gasteiger partial charge in [-0.25, -0.2) is 0 Å². The van der Waals surface area contributed by atoms with E-state index < -0.39 is 0 Å². The van der Waals surface area contributed by atoms with Gasteiger partial charge in [0.05, 0.1) is 6.04 Å². The summed E-state index contributed by atoms with van der Waals surface area (Å²) >= 11 is 0. The van der Waals surface area contributed by atoms with Crippen LogP contribution in [0.4, 0.5) is 0 Å². The largest absolute Gasteiger partial charge is 0.320 e. The molecule has 20 heavy (non-hydrogen) atoms. The number of rotatable bonds is 2. The summed E-state index contributed by atoms with van der Waals surface area (Å²) in [5, 5.41) is 2.49. The van der Waals surface area contributed by atoms with E-state index in [2.05, 4.69) is 73.7 Å². The molecule has 1 atom stereocenters. The van der Waals surface area contributed by atoms with Crippen LogP contribution in [-0.2, 0) is 0 Å². The van der Waals surface area contributed by atoms with E-state index in [4.69, 9.17) is 5.73 Å². The van der Waals surface area contributed by atoms with Crippen molar-refractivity contribution in [2.45, 2.75) is 13.0 Å². The molecular weight excluding hydrogens is 266 g/mol. The number of hydrogen-bond acceptors (Lipinski definition) is 1. The van der Waals surface area contributed by atoms with Gasteiger partial charge < -0.3 is 5.73 Å². The summed E-state index contributed by atoms with van der Waals surface area (Å²) in [6.45, 7) is 2.09. The molecule has 2 heteroatoms. The lowest BCUT2D eigenvalue weighted by Crippen LogP contribution is -2.11. The standard InChI is InChI=1S/C18H17N.ClH/c1-13-6-8-15(9-7-13)18(19)17-11-10-14-4-2-3-5-16(14)12-17;/h2-12,18H,19H2,1H3;1H. The van der Waals surface area contributed by atoms with E-state index in [1.165, 1.54) is 16.3 Å². The number of benzene rings is 3. The monoisotopic (exact) mass is 283 g/mol. The Morgan fingerprint density at radius 1 is 0.750 bits per heavy atom. The number of hydrogen-bond donors (Lipinski definition) is 1. The predicted molar refractivity (Wildman–Crippen MR) is 88.4 cm³/mol. The smallest absolute Gasteiger partial charge is 0.0551 e. The molecule has 0 bridgehead atoms. The zero-order chi connectivity index (χ0) is 13.2. The highest BCUT2D eigenvalue weighted by molar-refractivity contribution is 5.85. The molecule has 0 radical (unpaired) electrons. The Labute approximate surface area is 125 Å². The molecule has 0 aliphatic carbocycles. The summed E-state index contributed by atoms with van der Waals surface area (Å²) < 4.78 is 0. The Kier molecular flexibility index (Phi) is 4.43. The van der Waals surface area contributed by atoms with E-state index in [1.807, 2.05) is 0 Å². The first-order valence-corrected chi connectivity index (χ1v) is 6.55. The first kappa shape index (κ1) is 14.6. The summed E-state index contributed by atoms with van der Waals surface area (Å²) in [7, 11) is 0. The van der Waals surface area contributed by atoms with E-state index in [1.54, 1.807) is 0 Å². The van der Waals surface area contributed by atoms with E-state index >= 15 is 0 Å². The zero-order valence-corrected chi connectivity index (χ0v) is 12.2. The summed E-state index contributed by atoms with van der Waals surface area (Å²) in [5.41, 5.74) is 9.92. The second-order valence-corrected chi connectivity index (χ2v) is 4.99. The third kappa shape index (κ3) is 2.84. The van der Waals surface area contributed by atoms with Crippen LogP contribution in [0.2, 0.25) is 0 Å². The molecular formula is C18H18ClN. The first-order chi connectivity index (χ1) is 9.24.